The molecule has 6 aromatic rings. The van der Waals surface area contributed by atoms with E-state index in [1.807, 2.05) is 74.8 Å². The van der Waals surface area contributed by atoms with Gasteiger partial charge in [-0.2, -0.15) is 0 Å². The molecule has 0 bridgehead atoms. The third-order valence-electron chi connectivity index (χ3n) is 9.39. The minimum Gasteiger partial charge on any atom is -0.508 e. The molecule has 0 spiro atoms. The van der Waals surface area contributed by atoms with Crippen LogP contribution in [0.25, 0.3) is 22.3 Å². The van der Waals surface area contributed by atoms with E-state index in [2.05, 4.69) is 97.3 Å². The third kappa shape index (κ3) is 11.5. The first kappa shape index (κ1) is 41.1. The van der Waals surface area contributed by atoms with Gasteiger partial charge in [0.2, 0.25) is 0 Å². The number of hydrogen-bond acceptors (Lipinski definition) is 6. The number of likely N-dealkylation sites (N-methyl/N-ethyl adjacent to an activating group) is 2. The summed E-state index contributed by atoms with van der Waals surface area (Å²) in [6.45, 7) is 7.26. The van der Waals surface area contributed by atoms with Crippen molar-refractivity contribution in [2.45, 2.75) is 26.7 Å². The first-order chi connectivity index (χ1) is 27.4. The van der Waals surface area contributed by atoms with Gasteiger partial charge in [0, 0.05) is 13.1 Å². The van der Waals surface area contributed by atoms with Gasteiger partial charge in [-0.1, -0.05) is 123 Å². The minimum atomic E-state index is 0.272. The van der Waals surface area contributed by atoms with Crippen LogP contribution >= 0.6 is 0 Å². The second kappa shape index (κ2) is 21.7. The molecule has 0 amide bonds. The number of ether oxygens (including phenoxy) is 2. The highest BCUT2D eigenvalue weighted by molar-refractivity contribution is 5.99. The number of allylic oxidation sites excluding steroid dienone is 2. The maximum absolute atomic E-state index is 9.72. The lowest BCUT2D eigenvalue weighted by Crippen LogP contribution is -2.15. The van der Waals surface area contributed by atoms with E-state index in [1.165, 1.54) is 33.4 Å². The van der Waals surface area contributed by atoms with Crippen molar-refractivity contribution >= 4 is 22.3 Å². The quantitative estimate of drug-likeness (QED) is 0.0583. The zero-order valence-corrected chi connectivity index (χ0v) is 33.0. The molecule has 0 heterocycles. The smallest absolute Gasteiger partial charge is 0.119 e. The number of nitrogens with one attached hydrogen (secondary N) is 2. The Kier molecular flexibility index (Phi) is 15.9. The molecule has 0 saturated carbocycles. The molecular formula is C50H54N2O4. The van der Waals surface area contributed by atoms with Gasteiger partial charge in [0.1, 0.15) is 36.2 Å². The summed E-state index contributed by atoms with van der Waals surface area (Å²) in [5.41, 5.74) is 11.8. The molecule has 0 aromatic heterocycles. The van der Waals surface area contributed by atoms with Crippen LogP contribution in [0.5, 0.6) is 23.0 Å². The molecule has 0 aliphatic carbocycles. The monoisotopic (exact) mass is 746 g/mol. The Bertz CT molecular complexity index is 1950. The second-order valence-corrected chi connectivity index (χ2v) is 13.2. The number of aromatic hydroxyl groups is 2. The van der Waals surface area contributed by atoms with E-state index in [0.717, 1.165) is 59.7 Å². The molecule has 0 fully saturated rings. The van der Waals surface area contributed by atoms with Crippen LogP contribution in [0.15, 0.2) is 158 Å². The van der Waals surface area contributed by atoms with Crippen molar-refractivity contribution in [2.75, 3.05) is 40.4 Å². The lowest BCUT2D eigenvalue weighted by molar-refractivity contribution is 0.318. The molecule has 6 heteroatoms. The molecule has 6 rings (SSSR count). The normalized spacial score (nSPS) is 11.8. The van der Waals surface area contributed by atoms with Crippen LogP contribution in [0.1, 0.15) is 60.1 Å². The highest BCUT2D eigenvalue weighted by atomic mass is 16.5. The number of benzene rings is 6. The van der Waals surface area contributed by atoms with Crippen LogP contribution in [0.2, 0.25) is 0 Å². The van der Waals surface area contributed by atoms with Crippen molar-refractivity contribution < 1.29 is 19.7 Å². The summed E-state index contributed by atoms with van der Waals surface area (Å²) >= 11 is 0. The zero-order valence-electron chi connectivity index (χ0n) is 33.0. The lowest BCUT2D eigenvalue weighted by Gasteiger charge is -2.17. The standard InChI is InChI=1S/2C25H27NO2/c2*1-3-24(19-7-5-4-6-8-19)25(20-9-13-22(27)14-10-20)21-11-15-23(16-12-21)28-18-17-26-2/h2*4-16,26-27H,3,17-18H2,1-2H3/b25-24+;25-24-. The Labute approximate surface area is 332 Å². The molecule has 56 heavy (non-hydrogen) atoms. The fraction of sp³-hybridized carbons (Fsp3) is 0.200. The van der Waals surface area contributed by atoms with Crippen LogP contribution < -0.4 is 20.1 Å². The van der Waals surface area contributed by atoms with Crippen molar-refractivity contribution in [2.24, 2.45) is 0 Å². The van der Waals surface area contributed by atoms with Crippen molar-refractivity contribution in [1.29, 1.82) is 0 Å². The maximum atomic E-state index is 9.72. The SMILES string of the molecule is CC/C(=C(/c1ccc(O)cc1)c1ccc(OCCNC)cc1)c1ccccc1.CC/C(=C(\c1ccc(O)cc1)c1ccc(OCCNC)cc1)c1ccccc1. The predicted molar refractivity (Wildman–Crippen MR) is 233 cm³/mol. The van der Waals surface area contributed by atoms with E-state index < -0.39 is 0 Å². The first-order valence-electron chi connectivity index (χ1n) is 19.4. The van der Waals surface area contributed by atoms with Crippen molar-refractivity contribution in [3.05, 3.63) is 191 Å². The van der Waals surface area contributed by atoms with E-state index in [4.69, 9.17) is 9.47 Å². The van der Waals surface area contributed by atoms with Gasteiger partial charge < -0.3 is 30.3 Å². The predicted octanol–water partition coefficient (Wildman–Crippen LogP) is 10.7. The van der Waals surface area contributed by atoms with E-state index in [-0.39, 0.29) is 11.5 Å². The average Bonchev–Trinajstić information content (AvgIpc) is 3.24. The summed E-state index contributed by atoms with van der Waals surface area (Å²) in [7, 11) is 3.83. The molecule has 0 aliphatic rings. The fourth-order valence-electron chi connectivity index (χ4n) is 6.59. The number of phenols is 2. The van der Waals surface area contributed by atoms with Crippen LogP contribution in [0, 0.1) is 0 Å². The molecule has 0 atom stereocenters. The molecule has 6 nitrogen and oxygen atoms in total. The van der Waals surface area contributed by atoms with E-state index in [0.29, 0.717) is 13.2 Å². The second-order valence-electron chi connectivity index (χ2n) is 13.2. The first-order valence-corrected chi connectivity index (χ1v) is 19.4. The minimum absolute atomic E-state index is 0.272. The fourth-order valence-corrected chi connectivity index (χ4v) is 6.59. The number of hydrogen-bond donors (Lipinski definition) is 4. The number of phenolic OH excluding ortho intramolecular Hbond substituents is 2. The highest BCUT2D eigenvalue weighted by Crippen LogP contribution is 2.37. The lowest BCUT2D eigenvalue weighted by atomic mass is 9.88. The van der Waals surface area contributed by atoms with Crippen molar-refractivity contribution in [3.63, 3.8) is 0 Å². The molecule has 0 unspecified atom stereocenters. The summed E-state index contributed by atoms with van der Waals surface area (Å²) in [6, 6.07) is 52.3. The van der Waals surface area contributed by atoms with E-state index >= 15 is 0 Å². The molecule has 0 radical (unpaired) electrons. The average molecular weight is 747 g/mol. The molecule has 0 aliphatic heterocycles. The topological polar surface area (TPSA) is 83.0 Å². The van der Waals surface area contributed by atoms with Gasteiger partial charge in [-0.15, -0.1) is 0 Å². The Hall–Kier alpha value is -6.08. The van der Waals surface area contributed by atoms with Gasteiger partial charge in [0.15, 0.2) is 0 Å². The molecule has 4 N–H and O–H groups in total. The summed E-state index contributed by atoms with van der Waals surface area (Å²) in [6.07, 6.45) is 1.81. The van der Waals surface area contributed by atoms with Gasteiger partial charge >= 0.3 is 0 Å². The highest BCUT2D eigenvalue weighted by Gasteiger charge is 2.15. The maximum Gasteiger partial charge on any atom is 0.119 e. The van der Waals surface area contributed by atoms with Gasteiger partial charge in [-0.3, -0.25) is 0 Å². The Morgan fingerprint density at radius 3 is 1.00 bits per heavy atom. The Balaban J connectivity index is 0.000000214. The molecule has 0 saturated heterocycles. The van der Waals surface area contributed by atoms with Gasteiger partial charge in [-0.25, -0.2) is 0 Å². The van der Waals surface area contributed by atoms with Crippen LogP contribution in [0.4, 0.5) is 0 Å². The van der Waals surface area contributed by atoms with Gasteiger partial charge in [0.25, 0.3) is 0 Å². The molecular weight excluding hydrogens is 693 g/mol. The Morgan fingerprint density at radius 2 is 0.714 bits per heavy atom. The zero-order chi connectivity index (χ0) is 39.5. The van der Waals surface area contributed by atoms with Crippen LogP contribution in [0.3, 0.4) is 0 Å². The van der Waals surface area contributed by atoms with Crippen LogP contribution in [-0.2, 0) is 0 Å². The van der Waals surface area contributed by atoms with Crippen LogP contribution in [-0.4, -0.2) is 50.6 Å². The summed E-state index contributed by atoms with van der Waals surface area (Å²) in [5.74, 6) is 2.27. The summed E-state index contributed by atoms with van der Waals surface area (Å²) in [4.78, 5) is 0. The van der Waals surface area contributed by atoms with Crippen molar-refractivity contribution in [1.82, 2.24) is 10.6 Å². The van der Waals surface area contributed by atoms with Gasteiger partial charge in [0.05, 0.1) is 0 Å². The number of rotatable bonds is 16. The summed E-state index contributed by atoms with van der Waals surface area (Å²) in [5, 5.41) is 25.6. The molecule has 288 valence electrons. The van der Waals surface area contributed by atoms with E-state index in [1.54, 1.807) is 24.3 Å². The van der Waals surface area contributed by atoms with Crippen molar-refractivity contribution in [3.8, 4) is 23.0 Å². The van der Waals surface area contributed by atoms with Gasteiger partial charge in [-0.05, 0) is 131 Å². The summed E-state index contributed by atoms with van der Waals surface area (Å²) < 4.78 is 11.5. The third-order valence-corrected chi connectivity index (χ3v) is 9.39. The molecule has 6 aromatic carbocycles. The Morgan fingerprint density at radius 1 is 0.411 bits per heavy atom. The van der Waals surface area contributed by atoms with E-state index in [9.17, 15) is 10.2 Å². The largest absolute Gasteiger partial charge is 0.508 e.